The van der Waals surface area contributed by atoms with E-state index in [-0.39, 0.29) is 5.91 Å². The van der Waals surface area contributed by atoms with E-state index in [0.717, 1.165) is 25.2 Å². The minimum Gasteiger partial charge on any atom is -0.321 e. The molecule has 3 rings (SSSR count). The summed E-state index contributed by atoms with van der Waals surface area (Å²) in [5.41, 5.74) is 4.03. The molecule has 0 radical (unpaired) electrons. The molecule has 0 unspecified atom stereocenters. The number of aromatic nitrogens is 1. The van der Waals surface area contributed by atoms with Gasteiger partial charge in [-0.1, -0.05) is 6.07 Å². The highest BCUT2D eigenvalue weighted by atomic mass is 16.1. The zero-order chi connectivity index (χ0) is 14.7. The Morgan fingerprint density at radius 3 is 2.95 bits per heavy atom. The first kappa shape index (κ1) is 13.3. The number of fused-ring (bicyclic) bond motifs is 1. The monoisotopic (exact) mass is 278 g/mol. The summed E-state index contributed by atoms with van der Waals surface area (Å²) < 4.78 is 0. The van der Waals surface area contributed by atoms with Gasteiger partial charge >= 0.3 is 0 Å². The van der Waals surface area contributed by atoms with E-state index in [9.17, 15) is 4.79 Å². The first-order valence-electron chi connectivity index (χ1n) is 6.76. The van der Waals surface area contributed by atoms with Crippen LogP contribution in [0.4, 0.5) is 5.69 Å². The number of nitriles is 1. The zero-order valence-electron chi connectivity index (χ0n) is 11.4. The van der Waals surface area contributed by atoms with Crippen molar-refractivity contribution in [1.29, 1.82) is 5.26 Å². The summed E-state index contributed by atoms with van der Waals surface area (Å²) in [6.07, 6.45) is 2.41. The number of anilines is 1. The highest BCUT2D eigenvalue weighted by Gasteiger charge is 2.11. The van der Waals surface area contributed by atoms with Crippen LogP contribution < -0.4 is 10.6 Å². The summed E-state index contributed by atoms with van der Waals surface area (Å²) in [6, 6.07) is 11.1. The van der Waals surface area contributed by atoms with E-state index in [1.165, 1.54) is 17.3 Å². The van der Waals surface area contributed by atoms with Gasteiger partial charge in [-0.05, 0) is 48.4 Å². The second-order valence-electron chi connectivity index (χ2n) is 4.91. The molecule has 1 amide bonds. The SMILES string of the molecule is N#Cc1ccc(C(=O)Nc2ccc3c(c2)CNCC3)nc1. The molecule has 2 aromatic rings. The Bertz CT molecular complexity index is 716. The molecule has 1 aliphatic heterocycles. The second kappa shape index (κ2) is 5.73. The molecular formula is C16H14N4O. The van der Waals surface area contributed by atoms with Gasteiger partial charge in [0, 0.05) is 18.4 Å². The van der Waals surface area contributed by atoms with Crippen LogP contribution in [0.25, 0.3) is 0 Å². The molecule has 0 fully saturated rings. The first-order valence-corrected chi connectivity index (χ1v) is 6.76. The summed E-state index contributed by atoms with van der Waals surface area (Å²) in [6.45, 7) is 1.82. The molecule has 1 aromatic heterocycles. The van der Waals surface area contributed by atoms with Gasteiger partial charge in [-0.3, -0.25) is 4.79 Å². The van der Waals surface area contributed by atoms with Crippen LogP contribution in [0.15, 0.2) is 36.5 Å². The van der Waals surface area contributed by atoms with Crippen LogP contribution in [-0.2, 0) is 13.0 Å². The first-order chi connectivity index (χ1) is 10.3. The van der Waals surface area contributed by atoms with Crippen molar-refractivity contribution in [3.8, 4) is 6.07 Å². The standard InChI is InChI=1S/C16H14N4O/c17-8-11-1-4-15(19-9-11)16(21)20-14-3-2-12-5-6-18-10-13(12)7-14/h1-4,7,9,18H,5-6,10H2,(H,20,21). The van der Waals surface area contributed by atoms with E-state index >= 15 is 0 Å². The molecule has 21 heavy (non-hydrogen) atoms. The van der Waals surface area contributed by atoms with E-state index in [0.29, 0.717) is 11.3 Å². The van der Waals surface area contributed by atoms with Gasteiger partial charge in [0.25, 0.3) is 5.91 Å². The highest BCUT2D eigenvalue weighted by molar-refractivity contribution is 6.02. The van der Waals surface area contributed by atoms with Crippen molar-refractivity contribution < 1.29 is 4.79 Å². The fourth-order valence-electron chi connectivity index (χ4n) is 2.35. The normalized spacial score (nSPS) is 13.1. The molecule has 2 N–H and O–H groups in total. The van der Waals surface area contributed by atoms with Crippen molar-refractivity contribution in [3.63, 3.8) is 0 Å². The largest absolute Gasteiger partial charge is 0.321 e. The number of carbonyl (C=O) groups excluding carboxylic acids is 1. The summed E-state index contributed by atoms with van der Waals surface area (Å²) in [4.78, 5) is 16.1. The van der Waals surface area contributed by atoms with Crippen molar-refractivity contribution >= 4 is 11.6 Å². The van der Waals surface area contributed by atoms with Crippen molar-refractivity contribution in [1.82, 2.24) is 10.3 Å². The molecule has 0 atom stereocenters. The van der Waals surface area contributed by atoms with Crippen molar-refractivity contribution in [2.24, 2.45) is 0 Å². The number of carbonyl (C=O) groups is 1. The topological polar surface area (TPSA) is 77.8 Å². The van der Waals surface area contributed by atoms with Gasteiger partial charge in [0.15, 0.2) is 0 Å². The lowest BCUT2D eigenvalue weighted by molar-refractivity contribution is 0.102. The lowest BCUT2D eigenvalue weighted by Crippen LogP contribution is -2.23. The number of pyridine rings is 1. The molecular weight excluding hydrogens is 264 g/mol. The average molecular weight is 278 g/mol. The summed E-state index contributed by atoms with van der Waals surface area (Å²) in [5.74, 6) is -0.275. The molecule has 2 heterocycles. The summed E-state index contributed by atoms with van der Waals surface area (Å²) in [5, 5.41) is 14.9. The lowest BCUT2D eigenvalue weighted by Gasteiger charge is -2.18. The Balaban J connectivity index is 1.76. The number of nitrogens with one attached hydrogen (secondary N) is 2. The number of nitrogens with zero attached hydrogens (tertiary/aromatic N) is 2. The third-order valence-corrected chi connectivity index (χ3v) is 3.48. The van der Waals surface area contributed by atoms with E-state index in [1.807, 2.05) is 18.2 Å². The van der Waals surface area contributed by atoms with E-state index < -0.39 is 0 Å². The minimum atomic E-state index is -0.275. The number of amides is 1. The van der Waals surface area contributed by atoms with Gasteiger partial charge in [-0.15, -0.1) is 0 Å². The maximum Gasteiger partial charge on any atom is 0.274 e. The van der Waals surface area contributed by atoms with Gasteiger partial charge in [0.05, 0.1) is 5.56 Å². The van der Waals surface area contributed by atoms with Crippen LogP contribution in [0.3, 0.4) is 0 Å². The third kappa shape index (κ3) is 2.91. The predicted octanol–water partition coefficient (Wildman–Crippen LogP) is 1.85. The smallest absolute Gasteiger partial charge is 0.274 e. The van der Waals surface area contributed by atoms with E-state index in [4.69, 9.17) is 5.26 Å². The van der Waals surface area contributed by atoms with Gasteiger partial charge in [0.1, 0.15) is 11.8 Å². The molecule has 0 spiro atoms. The quantitative estimate of drug-likeness (QED) is 0.878. The van der Waals surface area contributed by atoms with Crippen molar-refractivity contribution in [2.45, 2.75) is 13.0 Å². The fraction of sp³-hybridized carbons (Fsp3) is 0.188. The van der Waals surface area contributed by atoms with Crippen LogP contribution in [0, 0.1) is 11.3 Å². The van der Waals surface area contributed by atoms with Gasteiger partial charge in [0.2, 0.25) is 0 Å². The zero-order valence-corrected chi connectivity index (χ0v) is 11.4. The maximum absolute atomic E-state index is 12.1. The molecule has 0 saturated carbocycles. The van der Waals surface area contributed by atoms with Crippen LogP contribution in [0.1, 0.15) is 27.2 Å². The van der Waals surface area contributed by atoms with E-state index in [2.05, 4.69) is 21.7 Å². The van der Waals surface area contributed by atoms with Gasteiger partial charge in [-0.2, -0.15) is 5.26 Å². The lowest BCUT2D eigenvalue weighted by atomic mass is 10.0. The molecule has 0 bridgehead atoms. The Hall–Kier alpha value is -2.71. The molecule has 0 aliphatic carbocycles. The number of benzene rings is 1. The Morgan fingerprint density at radius 2 is 2.19 bits per heavy atom. The summed E-state index contributed by atoms with van der Waals surface area (Å²) >= 11 is 0. The number of hydrogen-bond acceptors (Lipinski definition) is 4. The summed E-state index contributed by atoms with van der Waals surface area (Å²) in [7, 11) is 0. The second-order valence-corrected chi connectivity index (χ2v) is 4.91. The Morgan fingerprint density at radius 1 is 1.29 bits per heavy atom. The van der Waals surface area contributed by atoms with Crippen LogP contribution in [0.2, 0.25) is 0 Å². The Labute approximate surface area is 122 Å². The number of hydrogen-bond donors (Lipinski definition) is 2. The van der Waals surface area contributed by atoms with Crippen molar-refractivity contribution in [2.75, 3.05) is 11.9 Å². The molecule has 1 aromatic carbocycles. The molecule has 5 heteroatoms. The predicted molar refractivity (Wildman–Crippen MR) is 78.8 cm³/mol. The molecule has 1 aliphatic rings. The Kier molecular flexibility index (Phi) is 3.63. The number of rotatable bonds is 2. The molecule has 5 nitrogen and oxygen atoms in total. The van der Waals surface area contributed by atoms with Crippen molar-refractivity contribution in [3.05, 3.63) is 58.9 Å². The van der Waals surface area contributed by atoms with Crippen LogP contribution >= 0.6 is 0 Å². The van der Waals surface area contributed by atoms with Gasteiger partial charge < -0.3 is 10.6 Å². The molecule has 104 valence electrons. The minimum absolute atomic E-state index is 0.275. The fourth-order valence-corrected chi connectivity index (χ4v) is 2.35. The van der Waals surface area contributed by atoms with Crippen LogP contribution in [0.5, 0.6) is 0 Å². The third-order valence-electron chi connectivity index (χ3n) is 3.48. The van der Waals surface area contributed by atoms with Gasteiger partial charge in [-0.25, -0.2) is 4.98 Å². The highest BCUT2D eigenvalue weighted by Crippen LogP contribution is 2.19. The maximum atomic E-state index is 12.1. The van der Waals surface area contributed by atoms with Crippen LogP contribution in [-0.4, -0.2) is 17.4 Å². The van der Waals surface area contributed by atoms with E-state index in [1.54, 1.807) is 12.1 Å². The average Bonchev–Trinajstić information content (AvgIpc) is 2.55. The molecule has 0 saturated heterocycles.